The zero-order valence-corrected chi connectivity index (χ0v) is 11.3. The second-order valence-corrected chi connectivity index (χ2v) is 4.13. The van der Waals surface area contributed by atoms with Crippen molar-refractivity contribution in [2.24, 2.45) is 5.73 Å². The maximum Gasteiger partial charge on any atom is 0.269 e. The van der Waals surface area contributed by atoms with Gasteiger partial charge in [0.25, 0.3) is 11.8 Å². The largest absolute Gasteiger partial charge is 0.364 e. The van der Waals surface area contributed by atoms with Gasteiger partial charge in [-0.2, -0.15) is 10.2 Å². The molecule has 8 heteroatoms. The quantitative estimate of drug-likeness (QED) is 0.827. The van der Waals surface area contributed by atoms with Crippen LogP contribution in [0.4, 0.5) is 5.69 Å². The number of amides is 2. The smallest absolute Gasteiger partial charge is 0.269 e. The second-order valence-electron chi connectivity index (χ2n) is 4.13. The number of carbonyl (C=O) groups excluding carboxylic acids is 2. The predicted octanol–water partition coefficient (Wildman–Crippen LogP) is 0.471. The monoisotopic (exact) mass is 276 g/mol. The number of anilines is 1. The van der Waals surface area contributed by atoms with E-state index in [0.29, 0.717) is 24.3 Å². The molecule has 0 saturated carbocycles. The minimum atomic E-state index is -0.635. The molecule has 0 fully saturated rings. The van der Waals surface area contributed by atoms with Gasteiger partial charge in [-0.3, -0.25) is 19.0 Å². The number of nitrogens with two attached hydrogens (primary N) is 1. The van der Waals surface area contributed by atoms with E-state index in [0.717, 1.165) is 0 Å². The van der Waals surface area contributed by atoms with Crippen LogP contribution in [-0.4, -0.2) is 31.4 Å². The van der Waals surface area contributed by atoms with Crippen molar-refractivity contribution in [3.63, 3.8) is 0 Å². The Morgan fingerprint density at radius 2 is 2.00 bits per heavy atom. The van der Waals surface area contributed by atoms with Crippen LogP contribution in [0.1, 0.15) is 34.7 Å². The molecule has 8 nitrogen and oxygen atoms in total. The summed E-state index contributed by atoms with van der Waals surface area (Å²) in [5, 5.41) is 10.6. The van der Waals surface area contributed by atoms with E-state index in [1.54, 1.807) is 10.9 Å². The highest BCUT2D eigenvalue weighted by Gasteiger charge is 2.18. The highest BCUT2D eigenvalue weighted by Crippen LogP contribution is 2.15. The Morgan fingerprint density at radius 3 is 2.55 bits per heavy atom. The van der Waals surface area contributed by atoms with E-state index in [-0.39, 0.29) is 11.6 Å². The summed E-state index contributed by atoms with van der Waals surface area (Å²) in [4.78, 5) is 23.5. The van der Waals surface area contributed by atoms with Crippen LogP contribution in [0, 0.1) is 0 Å². The molecular formula is C12H16N6O2. The number of nitrogens with one attached hydrogen (secondary N) is 1. The van der Waals surface area contributed by atoms with Crippen LogP contribution in [0.2, 0.25) is 0 Å². The number of rotatable bonds is 5. The summed E-state index contributed by atoms with van der Waals surface area (Å²) in [6, 6.07) is 0. The van der Waals surface area contributed by atoms with Gasteiger partial charge in [-0.1, -0.05) is 0 Å². The van der Waals surface area contributed by atoms with Gasteiger partial charge in [0, 0.05) is 19.3 Å². The van der Waals surface area contributed by atoms with Gasteiger partial charge in [-0.05, 0) is 13.8 Å². The molecule has 0 radical (unpaired) electrons. The van der Waals surface area contributed by atoms with Crippen molar-refractivity contribution in [1.29, 1.82) is 0 Å². The van der Waals surface area contributed by atoms with E-state index in [9.17, 15) is 9.59 Å². The first kappa shape index (κ1) is 13.8. The Morgan fingerprint density at radius 1 is 1.25 bits per heavy atom. The van der Waals surface area contributed by atoms with Crippen molar-refractivity contribution in [1.82, 2.24) is 19.6 Å². The van der Waals surface area contributed by atoms with Crippen LogP contribution in [-0.2, 0) is 13.1 Å². The molecule has 2 aromatic rings. The number of hydrogen-bond acceptors (Lipinski definition) is 4. The van der Waals surface area contributed by atoms with E-state index >= 15 is 0 Å². The summed E-state index contributed by atoms with van der Waals surface area (Å²) in [7, 11) is 0. The van der Waals surface area contributed by atoms with Crippen molar-refractivity contribution >= 4 is 17.5 Å². The summed E-state index contributed by atoms with van der Waals surface area (Å²) in [5.74, 6) is -0.994. The first-order valence-electron chi connectivity index (χ1n) is 6.26. The highest BCUT2D eigenvalue weighted by atomic mass is 16.2. The van der Waals surface area contributed by atoms with Gasteiger partial charge in [-0.15, -0.1) is 0 Å². The molecule has 20 heavy (non-hydrogen) atoms. The van der Waals surface area contributed by atoms with Crippen LogP contribution in [0.25, 0.3) is 0 Å². The Kier molecular flexibility index (Phi) is 3.83. The molecule has 2 heterocycles. The fourth-order valence-electron chi connectivity index (χ4n) is 1.82. The average Bonchev–Trinajstić information content (AvgIpc) is 3.04. The third-order valence-electron chi connectivity index (χ3n) is 2.84. The Balaban J connectivity index is 2.23. The molecule has 2 amide bonds. The lowest BCUT2D eigenvalue weighted by atomic mass is 10.3. The topological polar surface area (TPSA) is 108 Å². The SMILES string of the molecule is CCn1cc(C(=O)Nc2cnn(CC)c2C(N)=O)cn1. The maximum absolute atomic E-state index is 12.1. The van der Waals surface area contributed by atoms with Crippen LogP contribution in [0.5, 0.6) is 0 Å². The number of primary amides is 1. The molecule has 0 atom stereocenters. The fraction of sp³-hybridized carbons (Fsp3) is 0.333. The molecule has 0 aromatic carbocycles. The van der Waals surface area contributed by atoms with Crippen LogP contribution < -0.4 is 11.1 Å². The van der Waals surface area contributed by atoms with E-state index < -0.39 is 5.91 Å². The first-order valence-corrected chi connectivity index (χ1v) is 6.26. The normalized spacial score (nSPS) is 10.5. The summed E-state index contributed by atoms with van der Waals surface area (Å²) in [5.41, 5.74) is 6.20. The Hall–Kier alpha value is -2.64. The molecule has 3 N–H and O–H groups in total. The minimum absolute atomic E-state index is 0.184. The third-order valence-corrected chi connectivity index (χ3v) is 2.84. The highest BCUT2D eigenvalue weighted by molar-refractivity contribution is 6.07. The molecule has 2 rings (SSSR count). The number of hydrogen-bond donors (Lipinski definition) is 2. The van der Waals surface area contributed by atoms with Gasteiger partial charge < -0.3 is 11.1 Å². The molecule has 0 bridgehead atoms. The first-order chi connectivity index (χ1) is 9.56. The van der Waals surface area contributed by atoms with Gasteiger partial charge >= 0.3 is 0 Å². The van der Waals surface area contributed by atoms with Crippen LogP contribution in [0.15, 0.2) is 18.6 Å². The van der Waals surface area contributed by atoms with Crippen molar-refractivity contribution in [2.75, 3.05) is 5.32 Å². The van der Waals surface area contributed by atoms with Gasteiger partial charge in [0.05, 0.1) is 23.6 Å². The van der Waals surface area contributed by atoms with Gasteiger partial charge in [0.2, 0.25) is 0 Å². The number of nitrogens with zero attached hydrogens (tertiary/aromatic N) is 4. The molecule has 0 unspecified atom stereocenters. The lowest BCUT2D eigenvalue weighted by Crippen LogP contribution is -2.21. The molecule has 0 aliphatic heterocycles. The van der Waals surface area contributed by atoms with Crippen molar-refractivity contribution in [2.45, 2.75) is 26.9 Å². The Bertz CT molecular complexity index is 642. The summed E-state index contributed by atoms with van der Waals surface area (Å²) in [6.45, 7) is 4.91. The molecule has 106 valence electrons. The fourth-order valence-corrected chi connectivity index (χ4v) is 1.82. The maximum atomic E-state index is 12.1. The lowest BCUT2D eigenvalue weighted by molar-refractivity contribution is 0.0991. The van der Waals surface area contributed by atoms with Crippen molar-refractivity contribution in [3.8, 4) is 0 Å². The zero-order valence-electron chi connectivity index (χ0n) is 11.3. The van der Waals surface area contributed by atoms with Crippen LogP contribution in [0.3, 0.4) is 0 Å². The molecule has 2 aromatic heterocycles. The van der Waals surface area contributed by atoms with E-state index in [2.05, 4.69) is 15.5 Å². The van der Waals surface area contributed by atoms with E-state index in [1.807, 2.05) is 13.8 Å². The van der Waals surface area contributed by atoms with E-state index in [4.69, 9.17) is 5.73 Å². The standard InChI is InChI=1S/C12H16N6O2/c1-3-17-7-8(5-14-17)12(20)16-9-6-15-18(4-2)10(9)11(13)19/h5-7H,3-4H2,1-2H3,(H2,13,19)(H,16,20). The number of carbonyl (C=O) groups is 2. The summed E-state index contributed by atoms with van der Waals surface area (Å²) in [6.07, 6.45) is 4.50. The minimum Gasteiger partial charge on any atom is -0.364 e. The summed E-state index contributed by atoms with van der Waals surface area (Å²) < 4.78 is 3.08. The molecule has 0 saturated heterocycles. The van der Waals surface area contributed by atoms with Crippen LogP contribution >= 0.6 is 0 Å². The molecule has 0 aliphatic rings. The summed E-state index contributed by atoms with van der Waals surface area (Å²) >= 11 is 0. The Labute approximate surface area is 115 Å². The molecule has 0 aliphatic carbocycles. The van der Waals surface area contributed by atoms with Gasteiger partial charge in [0.15, 0.2) is 0 Å². The molecular weight excluding hydrogens is 260 g/mol. The van der Waals surface area contributed by atoms with Crippen molar-refractivity contribution in [3.05, 3.63) is 29.8 Å². The predicted molar refractivity (Wildman–Crippen MR) is 72.3 cm³/mol. The van der Waals surface area contributed by atoms with E-state index in [1.165, 1.54) is 17.1 Å². The second kappa shape index (κ2) is 5.55. The van der Waals surface area contributed by atoms with Gasteiger partial charge in [0.1, 0.15) is 5.69 Å². The molecule has 0 spiro atoms. The average molecular weight is 276 g/mol. The third kappa shape index (κ3) is 2.53. The van der Waals surface area contributed by atoms with Gasteiger partial charge in [-0.25, -0.2) is 0 Å². The number of aryl methyl sites for hydroxylation is 2. The zero-order chi connectivity index (χ0) is 14.7. The number of aromatic nitrogens is 4. The van der Waals surface area contributed by atoms with Crippen molar-refractivity contribution < 1.29 is 9.59 Å². The lowest BCUT2D eigenvalue weighted by Gasteiger charge is -2.05.